The lowest BCUT2D eigenvalue weighted by atomic mass is 10.9. The summed E-state index contributed by atoms with van der Waals surface area (Å²) in [6.07, 6.45) is 0. The zero-order valence-electron chi connectivity index (χ0n) is 6.29. The van der Waals surface area contributed by atoms with Gasteiger partial charge in [0.25, 0.3) is 0 Å². The fraction of sp³-hybridized carbons (Fsp3) is 1.00. The van der Waals surface area contributed by atoms with Crippen LogP contribution in [-0.4, -0.2) is 18.1 Å². The fourth-order valence-electron chi connectivity index (χ4n) is 0.364. The van der Waals surface area contributed by atoms with Crippen molar-refractivity contribution in [1.82, 2.24) is 0 Å². The van der Waals surface area contributed by atoms with Gasteiger partial charge in [0.2, 0.25) is 0 Å². The van der Waals surface area contributed by atoms with E-state index in [9.17, 15) is 8.13 Å². The van der Waals surface area contributed by atoms with Crippen LogP contribution in [0.4, 0.5) is 3.56 Å². The van der Waals surface area contributed by atoms with Crippen LogP contribution in [-0.2, 0) is 13.6 Å². The van der Waals surface area contributed by atoms with Crippen LogP contribution in [0, 0.1) is 0 Å². The van der Waals surface area contributed by atoms with Crippen molar-refractivity contribution in [3.05, 3.63) is 0 Å². The molecule has 0 atom stereocenters. The minimum atomic E-state index is -3.69. The van der Waals surface area contributed by atoms with Gasteiger partial charge in [0, 0.05) is 0 Å². The molecule has 0 amide bonds. The SMILES string of the molecule is CCOP(=O)(O)OCC.FBr. The van der Waals surface area contributed by atoms with E-state index in [2.05, 4.69) is 9.05 Å². The Bertz CT molecular complexity index is 113. The first kappa shape index (κ1) is 14.1. The van der Waals surface area contributed by atoms with Gasteiger partial charge in [-0.25, -0.2) is 4.57 Å². The first-order valence-corrected chi connectivity index (χ1v) is 4.98. The molecule has 0 aromatic heterocycles. The van der Waals surface area contributed by atoms with E-state index in [1.807, 2.05) is 0 Å². The smallest absolute Gasteiger partial charge is 0.302 e. The Kier molecular flexibility index (Phi) is 11.0. The molecule has 0 fully saturated rings. The van der Waals surface area contributed by atoms with Gasteiger partial charge < -0.3 is 4.89 Å². The summed E-state index contributed by atoms with van der Waals surface area (Å²) < 4.78 is 28.6. The summed E-state index contributed by atoms with van der Waals surface area (Å²) in [5.74, 6) is 0. The maximum atomic E-state index is 10.5. The van der Waals surface area contributed by atoms with E-state index in [0.717, 1.165) is 0 Å². The third-order valence-electron chi connectivity index (χ3n) is 0.584. The Hall–Kier alpha value is 0.520. The highest BCUT2D eigenvalue weighted by molar-refractivity contribution is 9.05. The minimum absolute atomic E-state index is 0.188. The first-order chi connectivity index (χ1) is 5.12. The molecule has 0 heterocycles. The molecule has 1 N–H and O–H groups in total. The highest BCUT2D eigenvalue weighted by Crippen LogP contribution is 2.42. The van der Waals surface area contributed by atoms with Crippen LogP contribution >= 0.6 is 24.2 Å². The number of hydrogen-bond acceptors (Lipinski definition) is 3. The molecule has 0 aliphatic carbocycles. The van der Waals surface area contributed by atoms with Crippen LogP contribution < -0.4 is 0 Å². The Morgan fingerprint density at radius 2 is 1.64 bits per heavy atom. The van der Waals surface area contributed by atoms with Crippen LogP contribution in [0.5, 0.6) is 0 Å². The molecule has 0 radical (unpaired) electrons. The van der Waals surface area contributed by atoms with Gasteiger partial charge in [0.15, 0.2) is 16.4 Å². The molecular formula is C4H11BrFO4P. The third kappa shape index (κ3) is 10.5. The molecule has 0 saturated heterocycles. The summed E-state index contributed by atoms with van der Waals surface area (Å²) in [5, 5.41) is 0. The summed E-state index contributed by atoms with van der Waals surface area (Å²) >= 11 is 1.44. The number of halogens is 2. The summed E-state index contributed by atoms with van der Waals surface area (Å²) in [5.41, 5.74) is 0. The molecule has 0 aliphatic heterocycles. The normalized spacial score (nSPS) is 10.3. The van der Waals surface area contributed by atoms with Gasteiger partial charge in [-0.15, -0.1) is 0 Å². The summed E-state index contributed by atoms with van der Waals surface area (Å²) in [6.45, 7) is 3.63. The van der Waals surface area contributed by atoms with Gasteiger partial charge in [0.1, 0.15) is 0 Å². The molecule has 0 rings (SSSR count). The largest absolute Gasteiger partial charge is 0.472 e. The predicted molar refractivity (Wildman–Crippen MR) is 43.1 cm³/mol. The standard InChI is InChI=1S/C4H11O4P.BrF/c1-3-7-9(5,6)8-4-2;1-2/h3-4H2,1-2H3,(H,5,6);. The second kappa shape index (κ2) is 8.62. The lowest BCUT2D eigenvalue weighted by Gasteiger charge is -2.07. The summed E-state index contributed by atoms with van der Waals surface area (Å²) in [4.78, 5) is 8.63. The average molecular weight is 253 g/mol. The summed E-state index contributed by atoms with van der Waals surface area (Å²) in [6, 6.07) is 0. The van der Waals surface area contributed by atoms with Crippen LogP contribution in [0.2, 0.25) is 0 Å². The average Bonchev–Trinajstić information content (AvgIpc) is 1.91. The second-order valence-electron chi connectivity index (χ2n) is 1.30. The molecule has 7 heteroatoms. The molecule has 4 nitrogen and oxygen atoms in total. The topological polar surface area (TPSA) is 55.8 Å². The van der Waals surface area contributed by atoms with Gasteiger partial charge in [-0.1, -0.05) is 0 Å². The molecular weight excluding hydrogens is 242 g/mol. The van der Waals surface area contributed by atoms with Crippen LogP contribution in [0.15, 0.2) is 0 Å². The second-order valence-corrected chi connectivity index (χ2v) is 2.76. The Morgan fingerprint density at radius 1 is 1.36 bits per heavy atom. The lowest BCUT2D eigenvalue weighted by Crippen LogP contribution is -1.93. The number of hydrogen-bond donors (Lipinski definition) is 1. The molecule has 0 saturated carbocycles. The lowest BCUT2D eigenvalue weighted by molar-refractivity contribution is 0.161. The molecule has 0 aromatic rings. The monoisotopic (exact) mass is 252 g/mol. The van der Waals surface area contributed by atoms with Crippen molar-refractivity contribution in [2.24, 2.45) is 0 Å². The summed E-state index contributed by atoms with van der Waals surface area (Å²) in [7, 11) is -3.69. The van der Waals surface area contributed by atoms with E-state index in [4.69, 9.17) is 4.89 Å². The van der Waals surface area contributed by atoms with Crippen molar-refractivity contribution in [2.75, 3.05) is 13.2 Å². The minimum Gasteiger partial charge on any atom is -0.302 e. The van der Waals surface area contributed by atoms with Crippen molar-refractivity contribution in [1.29, 1.82) is 0 Å². The highest BCUT2D eigenvalue weighted by Gasteiger charge is 2.17. The van der Waals surface area contributed by atoms with Gasteiger partial charge in [-0.2, -0.15) is 3.56 Å². The molecule has 0 unspecified atom stereocenters. The molecule has 0 spiro atoms. The number of phosphoric acid groups is 1. The maximum absolute atomic E-state index is 10.5. The van der Waals surface area contributed by atoms with Crippen LogP contribution in [0.3, 0.4) is 0 Å². The molecule has 70 valence electrons. The van der Waals surface area contributed by atoms with E-state index >= 15 is 0 Å². The van der Waals surface area contributed by atoms with Crippen molar-refractivity contribution < 1.29 is 22.1 Å². The van der Waals surface area contributed by atoms with Gasteiger partial charge in [-0.05, 0) is 13.8 Å². The van der Waals surface area contributed by atoms with Crippen molar-refractivity contribution >= 4 is 24.2 Å². The zero-order valence-corrected chi connectivity index (χ0v) is 8.77. The van der Waals surface area contributed by atoms with Crippen molar-refractivity contribution in [3.63, 3.8) is 0 Å². The molecule has 0 bridgehead atoms. The number of phosphoric ester groups is 1. The van der Waals surface area contributed by atoms with E-state index in [-0.39, 0.29) is 13.2 Å². The quantitative estimate of drug-likeness (QED) is 0.781. The number of rotatable bonds is 4. The predicted octanol–water partition coefficient (Wildman–Crippen LogP) is 2.43. The van der Waals surface area contributed by atoms with E-state index in [1.54, 1.807) is 13.8 Å². The van der Waals surface area contributed by atoms with Crippen LogP contribution in [0.25, 0.3) is 0 Å². The maximum Gasteiger partial charge on any atom is 0.472 e. The van der Waals surface area contributed by atoms with E-state index in [1.165, 1.54) is 16.4 Å². The molecule has 0 aromatic carbocycles. The van der Waals surface area contributed by atoms with Gasteiger partial charge >= 0.3 is 7.82 Å². The zero-order chi connectivity index (χ0) is 9.33. The highest BCUT2D eigenvalue weighted by atomic mass is 79.9. The third-order valence-corrected chi connectivity index (χ3v) is 1.75. The Labute approximate surface area is 73.9 Å². The Balaban J connectivity index is 0. The molecule has 11 heavy (non-hydrogen) atoms. The van der Waals surface area contributed by atoms with Crippen molar-refractivity contribution in [3.8, 4) is 0 Å². The first-order valence-electron chi connectivity index (χ1n) is 2.88. The van der Waals surface area contributed by atoms with Gasteiger partial charge in [-0.3, -0.25) is 9.05 Å². The van der Waals surface area contributed by atoms with E-state index in [0.29, 0.717) is 0 Å². The van der Waals surface area contributed by atoms with Crippen molar-refractivity contribution in [2.45, 2.75) is 13.8 Å². The van der Waals surface area contributed by atoms with Crippen LogP contribution in [0.1, 0.15) is 13.8 Å². The fourth-order valence-corrected chi connectivity index (χ4v) is 1.09. The van der Waals surface area contributed by atoms with Gasteiger partial charge in [0.05, 0.1) is 13.2 Å². The van der Waals surface area contributed by atoms with E-state index < -0.39 is 7.82 Å². The molecule has 0 aliphatic rings. The Morgan fingerprint density at radius 3 is 1.82 bits per heavy atom.